The van der Waals surface area contributed by atoms with Crippen molar-refractivity contribution < 1.29 is 0 Å². The van der Waals surface area contributed by atoms with E-state index in [9.17, 15) is 0 Å². The number of nitrogens with two attached hydrogens (primary N) is 1. The van der Waals surface area contributed by atoms with Gasteiger partial charge in [-0.05, 0) is 53.3 Å². The zero-order chi connectivity index (χ0) is 20.5. The molecule has 8 heteroatoms. The van der Waals surface area contributed by atoms with Crippen molar-refractivity contribution in [3.8, 4) is 22.6 Å². The van der Waals surface area contributed by atoms with Gasteiger partial charge in [0.2, 0.25) is 0 Å². The minimum absolute atomic E-state index is 0.648. The fourth-order valence-corrected chi connectivity index (χ4v) is 3.39. The van der Waals surface area contributed by atoms with Crippen molar-refractivity contribution in [1.29, 1.82) is 0 Å². The summed E-state index contributed by atoms with van der Waals surface area (Å²) in [7, 11) is 0. The largest absolute Gasteiger partial charge is 0.365 e. The monoisotopic (exact) mass is 396 g/mol. The number of nitrogen functional groups attached to an aromatic ring is 1. The molecule has 4 heterocycles. The van der Waals surface area contributed by atoms with Crippen LogP contribution in [-0.2, 0) is 6.54 Å². The Balaban J connectivity index is 1.33. The molecule has 0 radical (unpaired) electrons. The number of hydrogen-bond donors (Lipinski definition) is 3. The summed E-state index contributed by atoms with van der Waals surface area (Å²) in [5.74, 6) is 6.91. The Morgan fingerprint density at radius 1 is 0.967 bits per heavy atom. The number of nitrogens with zero attached hydrogens (tertiary/aromatic N) is 5. The van der Waals surface area contributed by atoms with Crippen LogP contribution in [-0.4, -0.2) is 30.1 Å². The number of H-pyrrole nitrogens is 1. The molecule has 4 aromatic heterocycles. The molecular weight excluding hydrogens is 376 g/mol. The lowest BCUT2D eigenvalue weighted by molar-refractivity contribution is 0.596. The van der Waals surface area contributed by atoms with Gasteiger partial charge in [-0.25, -0.2) is 10.1 Å². The molecule has 0 aliphatic carbocycles. The van der Waals surface area contributed by atoms with Crippen LogP contribution in [0, 0.1) is 6.92 Å². The second-order valence-corrected chi connectivity index (χ2v) is 7.09. The van der Waals surface area contributed by atoms with Crippen LogP contribution < -0.4 is 11.2 Å². The van der Waals surface area contributed by atoms with Gasteiger partial charge in [-0.3, -0.25) is 9.97 Å². The Bertz CT molecular complexity index is 1300. The number of aromatic nitrogens is 6. The van der Waals surface area contributed by atoms with E-state index in [1.54, 1.807) is 12.4 Å². The zero-order valence-electron chi connectivity index (χ0n) is 16.4. The fraction of sp³-hybridized carbons (Fsp3) is 0.0909. The van der Waals surface area contributed by atoms with Gasteiger partial charge in [0.25, 0.3) is 0 Å². The lowest BCUT2D eigenvalue weighted by atomic mass is 10.0. The number of anilines is 1. The highest BCUT2D eigenvalue weighted by atomic mass is 15.7. The van der Waals surface area contributed by atoms with Gasteiger partial charge in [-0.1, -0.05) is 24.3 Å². The van der Waals surface area contributed by atoms with Gasteiger partial charge in [0, 0.05) is 36.2 Å². The van der Waals surface area contributed by atoms with E-state index in [-0.39, 0.29) is 0 Å². The molecule has 1 aromatic carbocycles. The van der Waals surface area contributed by atoms with Gasteiger partial charge in [0.1, 0.15) is 11.5 Å². The molecule has 30 heavy (non-hydrogen) atoms. The average molecular weight is 396 g/mol. The average Bonchev–Trinajstić information content (AvgIpc) is 2.75. The number of rotatable bonds is 5. The molecule has 0 saturated heterocycles. The molecule has 4 N–H and O–H groups in total. The molecule has 0 aliphatic heterocycles. The third kappa shape index (κ3) is 3.46. The number of aromatic amines is 1. The van der Waals surface area contributed by atoms with E-state index in [2.05, 4.69) is 60.8 Å². The molecule has 0 fully saturated rings. The van der Waals surface area contributed by atoms with Crippen LogP contribution in [0.5, 0.6) is 0 Å². The van der Waals surface area contributed by atoms with E-state index in [0.717, 1.165) is 32.9 Å². The van der Waals surface area contributed by atoms with Crippen LogP contribution in [0.25, 0.3) is 33.4 Å². The molecule has 8 nitrogen and oxygen atoms in total. The van der Waals surface area contributed by atoms with E-state index in [0.29, 0.717) is 12.4 Å². The van der Waals surface area contributed by atoms with Crippen LogP contribution >= 0.6 is 0 Å². The molecule has 0 saturated carbocycles. The molecule has 0 bridgehead atoms. The molecule has 148 valence electrons. The molecule has 5 rings (SSSR count). The Morgan fingerprint density at radius 2 is 1.77 bits per heavy atom. The first-order valence-electron chi connectivity index (χ1n) is 9.57. The molecule has 0 unspecified atom stereocenters. The van der Waals surface area contributed by atoms with Crippen molar-refractivity contribution in [2.75, 3.05) is 11.2 Å². The maximum absolute atomic E-state index is 5.47. The Labute approximate surface area is 172 Å². The summed E-state index contributed by atoms with van der Waals surface area (Å²) >= 11 is 0. The first kappa shape index (κ1) is 17.9. The number of fused-ring (bicyclic) bond motifs is 1. The second kappa shape index (κ2) is 7.32. The number of nitrogens with one attached hydrogen (secondary N) is 2. The SMILES string of the molecule is Cc1cc(-c2ccc(CNc3nccc4cc(-c5nn(N)[nH]5)ncc34)cc2)ccn1. The van der Waals surface area contributed by atoms with Gasteiger partial charge in [0.05, 0.1) is 0 Å². The first-order valence-corrected chi connectivity index (χ1v) is 9.57. The third-order valence-corrected chi connectivity index (χ3v) is 4.96. The topological polar surface area (TPSA) is 110 Å². The van der Waals surface area contributed by atoms with Crippen LogP contribution in [0.1, 0.15) is 11.3 Å². The lowest BCUT2D eigenvalue weighted by Crippen LogP contribution is -2.24. The van der Waals surface area contributed by atoms with Crippen molar-refractivity contribution in [1.82, 2.24) is 30.1 Å². The molecule has 0 amide bonds. The standard InChI is InChI=1S/C22H20N8/c1-14-10-17(6-8-24-14)16-4-2-15(3-5-16)12-27-21-19-13-26-20(22-28-30(23)29-22)11-18(19)7-9-25-21/h2-11,13H,12,23H2,1H3,(H,25,27)(H,28,29). The first-order chi connectivity index (χ1) is 14.7. The molecular formula is C22H20N8. The summed E-state index contributed by atoms with van der Waals surface area (Å²) in [6.07, 6.45) is 5.43. The number of benzene rings is 1. The van der Waals surface area contributed by atoms with E-state index < -0.39 is 0 Å². The summed E-state index contributed by atoms with van der Waals surface area (Å²) in [6.45, 7) is 2.67. The lowest BCUT2D eigenvalue weighted by Gasteiger charge is -2.11. The highest BCUT2D eigenvalue weighted by Gasteiger charge is 2.10. The predicted octanol–water partition coefficient (Wildman–Crippen LogP) is 3.52. The Hall–Kier alpha value is -4.20. The predicted molar refractivity (Wildman–Crippen MR) is 117 cm³/mol. The van der Waals surface area contributed by atoms with Gasteiger partial charge in [-0.15, -0.1) is 10.0 Å². The normalized spacial score (nSPS) is 11.1. The van der Waals surface area contributed by atoms with Crippen LogP contribution in [0.15, 0.2) is 67.1 Å². The van der Waals surface area contributed by atoms with Crippen molar-refractivity contribution in [3.63, 3.8) is 0 Å². The maximum Gasteiger partial charge on any atom is 0.197 e. The summed E-state index contributed by atoms with van der Waals surface area (Å²) in [4.78, 5) is 14.4. The summed E-state index contributed by atoms with van der Waals surface area (Å²) < 4.78 is 0. The summed E-state index contributed by atoms with van der Waals surface area (Å²) in [5.41, 5.74) is 5.26. The van der Waals surface area contributed by atoms with Gasteiger partial charge < -0.3 is 11.2 Å². The number of aryl methyl sites for hydroxylation is 1. The number of pyridine rings is 3. The maximum atomic E-state index is 5.47. The number of hydrogen-bond acceptors (Lipinski definition) is 6. The minimum Gasteiger partial charge on any atom is -0.365 e. The van der Waals surface area contributed by atoms with Gasteiger partial charge in [-0.2, -0.15) is 0 Å². The highest BCUT2D eigenvalue weighted by Crippen LogP contribution is 2.25. The third-order valence-electron chi connectivity index (χ3n) is 4.96. The highest BCUT2D eigenvalue weighted by molar-refractivity contribution is 5.92. The minimum atomic E-state index is 0.648. The van der Waals surface area contributed by atoms with Crippen molar-refractivity contribution in [2.45, 2.75) is 13.5 Å². The van der Waals surface area contributed by atoms with Crippen molar-refractivity contribution >= 4 is 16.6 Å². The Morgan fingerprint density at radius 3 is 2.53 bits per heavy atom. The van der Waals surface area contributed by atoms with Crippen molar-refractivity contribution in [3.05, 3.63) is 78.4 Å². The molecule has 5 aromatic rings. The molecule has 0 aliphatic rings. The fourth-order valence-electron chi connectivity index (χ4n) is 3.39. The second-order valence-electron chi connectivity index (χ2n) is 7.09. The van der Waals surface area contributed by atoms with E-state index >= 15 is 0 Å². The van der Waals surface area contributed by atoms with Crippen molar-refractivity contribution in [2.24, 2.45) is 0 Å². The van der Waals surface area contributed by atoms with E-state index in [1.165, 1.54) is 16.7 Å². The smallest absolute Gasteiger partial charge is 0.197 e. The summed E-state index contributed by atoms with van der Waals surface area (Å²) in [5, 5.41) is 12.3. The molecule has 0 spiro atoms. The van der Waals surface area contributed by atoms with Crippen LogP contribution in [0.2, 0.25) is 0 Å². The quantitative estimate of drug-likeness (QED) is 0.392. The summed E-state index contributed by atoms with van der Waals surface area (Å²) in [6, 6.07) is 16.5. The Kier molecular flexibility index (Phi) is 4.36. The van der Waals surface area contributed by atoms with Crippen LogP contribution in [0.3, 0.4) is 0 Å². The zero-order valence-corrected chi connectivity index (χ0v) is 16.4. The van der Waals surface area contributed by atoms with Gasteiger partial charge >= 0.3 is 0 Å². The van der Waals surface area contributed by atoms with E-state index in [4.69, 9.17) is 5.84 Å². The van der Waals surface area contributed by atoms with Gasteiger partial charge in [0.15, 0.2) is 5.82 Å². The van der Waals surface area contributed by atoms with E-state index in [1.807, 2.05) is 31.3 Å². The van der Waals surface area contributed by atoms with Crippen LogP contribution in [0.4, 0.5) is 5.82 Å². The molecule has 0 atom stereocenters.